The average Bonchev–Trinajstić information content (AvgIpc) is 2.53. The molecule has 0 N–H and O–H groups in total. The number of piperidine rings is 1. The number of hydrogen-bond donors (Lipinski definition) is 0. The molecule has 2 rings (SSSR count). The summed E-state index contributed by atoms with van der Waals surface area (Å²) in [6.45, 7) is 1.98. The topological polar surface area (TPSA) is 32.8 Å². The molecule has 2 aliphatic heterocycles. The molecule has 0 saturated carbocycles. The van der Waals surface area contributed by atoms with Crippen molar-refractivity contribution in [3.8, 4) is 0 Å². The first-order valence-electron chi connectivity index (χ1n) is 3.65. The fourth-order valence-corrected chi connectivity index (χ4v) is 1.44. The van der Waals surface area contributed by atoms with E-state index in [-0.39, 0.29) is 11.6 Å². The van der Waals surface area contributed by atoms with Crippen molar-refractivity contribution in [3.05, 3.63) is 0 Å². The van der Waals surface area contributed by atoms with Crippen LogP contribution in [0.1, 0.15) is 12.8 Å². The zero-order valence-corrected chi connectivity index (χ0v) is 6.09. The molecule has 3 nitrogen and oxygen atoms in total. The normalized spacial score (nSPS) is 30.3. The fraction of sp³-hybridized carbons (Fsp3) is 0.857. The van der Waals surface area contributed by atoms with Crippen molar-refractivity contribution < 1.29 is 9.53 Å². The molecule has 0 aromatic carbocycles. The molecule has 1 spiro atoms. The molecule has 0 aromatic heterocycles. The van der Waals surface area contributed by atoms with Gasteiger partial charge in [-0.2, -0.15) is 0 Å². The zero-order valence-electron chi connectivity index (χ0n) is 6.09. The molecule has 0 aliphatic carbocycles. The minimum Gasteiger partial charge on any atom is -0.444 e. The van der Waals surface area contributed by atoms with Gasteiger partial charge in [0.1, 0.15) is 0 Å². The van der Waals surface area contributed by atoms with Crippen LogP contribution in [0.3, 0.4) is 0 Å². The van der Waals surface area contributed by atoms with Gasteiger partial charge in [0, 0.05) is 25.9 Å². The molecule has 0 bridgehead atoms. The second-order valence-corrected chi connectivity index (χ2v) is 3.19. The molecule has 0 unspecified atom stereocenters. The van der Waals surface area contributed by atoms with Gasteiger partial charge < -0.3 is 9.64 Å². The second kappa shape index (κ2) is 1.72. The first-order valence-corrected chi connectivity index (χ1v) is 3.65. The van der Waals surface area contributed by atoms with Crippen LogP contribution in [0.2, 0.25) is 0 Å². The minimum absolute atomic E-state index is 0.0144. The number of carbonyl (C=O) groups is 1. The van der Waals surface area contributed by atoms with Crippen LogP contribution in [0.25, 0.3) is 0 Å². The summed E-state index contributed by atoms with van der Waals surface area (Å²) >= 11 is 0. The number of ether oxygens (including phenoxy) is 1. The average molecular weight is 141 g/mol. The third-order valence-corrected chi connectivity index (χ3v) is 2.41. The summed E-state index contributed by atoms with van der Waals surface area (Å²) in [5.74, 6) is 0.0144. The number of epoxide rings is 1. The molecule has 2 heterocycles. The molecular weight excluding hydrogens is 130 g/mol. The van der Waals surface area contributed by atoms with Crippen molar-refractivity contribution in [2.45, 2.75) is 18.4 Å². The Morgan fingerprint density at radius 3 is 2.40 bits per heavy atom. The smallest absolute Gasteiger partial charge is 0.351 e. The lowest BCUT2D eigenvalue weighted by atomic mass is 9.98. The highest BCUT2D eigenvalue weighted by Gasteiger charge is 2.58. The number of rotatable bonds is 0. The first kappa shape index (κ1) is 6.16. The highest BCUT2D eigenvalue weighted by Crippen LogP contribution is 2.38. The molecule has 2 fully saturated rings. The van der Waals surface area contributed by atoms with Crippen LogP contribution in [0.4, 0.5) is 0 Å². The van der Waals surface area contributed by atoms with Crippen molar-refractivity contribution in [2.75, 3.05) is 20.1 Å². The maximum absolute atomic E-state index is 10.7. The van der Waals surface area contributed by atoms with E-state index in [9.17, 15) is 4.79 Å². The molecule has 10 heavy (non-hydrogen) atoms. The Morgan fingerprint density at radius 1 is 1.50 bits per heavy atom. The Hall–Kier alpha value is -0.570. The van der Waals surface area contributed by atoms with E-state index in [2.05, 4.69) is 11.9 Å². The van der Waals surface area contributed by atoms with Crippen LogP contribution >= 0.6 is 0 Å². The third kappa shape index (κ3) is 0.736. The predicted molar refractivity (Wildman–Crippen MR) is 35.6 cm³/mol. The van der Waals surface area contributed by atoms with Gasteiger partial charge in [-0.15, -0.1) is 0 Å². The third-order valence-electron chi connectivity index (χ3n) is 2.41. The largest absolute Gasteiger partial charge is 0.444 e. The monoisotopic (exact) mass is 141 g/mol. The molecule has 0 atom stereocenters. The Bertz CT molecular complexity index is 170. The molecule has 0 amide bonds. The first-order chi connectivity index (χ1) is 4.73. The molecule has 3 heteroatoms. The van der Waals surface area contributed by atoms with Gasteiger partial charge in [0.2, 0.25) is 5.60 Å². The highest BCUT2D eigenvalue weighted by molar-refractivity contribution is 5.92. The summed E-state index contributed by atoms with van der Waals surface area (Å²) in [5.41, 5.74) is -0.313. The van der Waals surface area contributed by atoms with E-state index in [0.29, 0.717) is 0 Å². The predicted octanol–water partition coefficient (Wildman–Crippen LogP) is 0.00760. The minimum atomic E-state index is -0.313. The van der Waals surface area contributed by atoms with Crippen LogP contribution in [-0.4, -0.2) is 36.6 Å². The van der Waals surface area contributed by atoms with Gasteiger partial charge in [-0.1, -0.05) is 0 Å². The van der Waals surface area contributed by atoms with Crippen LogP contribution < -0.4 is 0 Å². The summed E-state index contributed by atoms with van der Waals surface area (Å²) in [4.78, 5) is 13.0. The summed E-state index contributed by atoms with van der Waals surface area (Å²) < 4.78 is 4.93. The summed E-state index contributed by atoms with van der Waals surface area (Å²) in [5, 5.41) is 0. The number of carbonyl (C=O) groups excluding carboxylic acids is 1. The Kier molecular flexibility index (Phi) is 1.06. The van der Waals surface area contributed by atoms with Gasteiger partial charge in [0.25, 0.3) is 0 Å². The van der Waals surface area contributed by atoms with E-state index < -0.39 is 0 Å². The lowest BCUT2D eigenvalue weighted by Crippen LogP contribution is -2.35. The highest BCUT2D eigenvalue weighted by atomic mass is 16.7. The van der Waals surface area contributed by atoms with Crippen molar-refractivity contribution in [1.29, 1.82) is 0 Å². The maximum Gasteiger partial charge on any atom is 0.351 e. The lowest BCUT2D eigenvalue weighted by Gasteiger charge is -2.24. The fourth-order valence-electron chi connectivity index (χ4n) is 1.44. The van der Waals surface area contributed by atoms with Gasteiger partial charge in [0.15, 0.2) is 0 Å². The summed E-state index contributed by atoms with van der Waals surface area (Å²) in [6, 6.07) is 0. The molecule has 0 aromatic rings. The standard InChI is InChI=1S/C7H11NO2/c1-8-4-2-7(3-5-8)6(9)10-7/h2-5H2,1H3. The maximum atomic E-state index is 10.7. The van der Waals surface area contributed by atoms with Crippen LogP contribution in [0.5, 0.6) is 0 Å². The Morgan fingerprint density at radius 2 is 2.00 bits per heavy atom. The van der Waals surface area contributed by atoms with E-state index >= 15 is 0 Å². The van der Waals surface area contributed by atoms with Gasteiger partial charge in [-0.3, -0.25) is 0 Å². The Balaban J connectivity index is 1.99. The molecule has 2 saturated heterocycles. The van der Waals surface area contributed by atoms with Gasteiger partial charge >= 0.3 is 5.97 Å². The zero-order chi connectivity index (χ0) is 7.19. The summed E-state index contributed by atoms with van der Waals surface area (Å²) in [7, 11) is 2.07. The molecule has 2 aliphatic rings. The SMILES string of the molecule is CN1CCC2(CC1)OC2=O. The van der Waals surface area contributed by atoms with E-state index in [1.54, 1.807) is 0 Å². The van der Waals surface area contributed by atoms with Crippen molar-refractivity contribution in [3.63, 3.8) is 0 Å². The quantitative estimate of drug-likeness (QED) is 0.445. The molecule has 56 valence electrons. The molecular formula is C7H11NO2. The van der Waals surface area contributed by atoms with E-state index in [1.807, 2.05) is 0 Å². The van der Waals surface area contributed by atoms with Crippen LogP contribution in [0.15, 0.2) is 0 Å². The summed E-state index contributed by atoms with van der Waals surface area (Å²) in [6.07, 6.45) is 1.78. The number of hydrogen-bond acceptors (Lipinski definition) is 3. The van der Waals surface area contributed by atoms with Gasteiger partial charge in [-0.25, -0.2) is 4.79 Å². The number of likely N-dealkylation sites (tertiary alicyclic amines) is 1. The number of nitrogens with zero attached hydrogens (tertiary/aromatic N) is 1. The van der Waals surface area contributed by atoms with Crippen molar-refractivity contribution >= 4 is 5.97 Å². The van der Waals surface area contributed by atoms with Crippen molar-refractivity contribution in [1.82, 2.24) is 4.90 Å². The van der Waals surface area contributed by atoms with Crippen LogP contribution in [-0.2, 0) is 9.53 Å². The van der Waals surface area contributed by atoms with Crippen LogP contribution in [0, 0.1) is 0 Å². The Labute approximate surface area is 60.0 Å². The van der Waals surface area contributed by atoms with Crippen molar-refractivity contribution in [2.24, 2.45) is 0 Å². The van der Waals surface area contributed by atoms with E-state index in [1.165, 1.54) is 0 Å². The van der Waals surface area contributed by atoms with Gasteiger partial charge in [-0.05, 0) is 7.05 Å². The second-order valence-electron chi connectivity index (χ2n) is 3.19. The molecule has 0 radical (unpaired) electrons. The van der Waals surface area contributed by atoms with E-state index in [4.69, 9.17) is 4.74 Å². The van der Waals surface area contributed by atoms with Gasteiger partial charge in [0.05, 0.1) is 0 Å². The lowest BCUT2D eigenvalue weighted by molar-refractivity contribution is -0.117. The van der Waals surface area contributed by atoms with E-state index in [0.717, 1.165) is 25.9 Å².